The van der Waals surface area contributed by atoms with Gasteiger partial charge in [-0.3, -0.25) is 4.90 Å². The van der Waals surface area contributed by atoms with E-state index in [0.717, 1.165) is 46.8 Å². The third-order valence-electron chi connectivity index (χ3n) is 4.68. The largest absolute Gasteiger partial charge is 0.299 e. The third-order valence-corrected chi connectivity index (χ3v) is 6.11. The smallest absolute Gasteiger partial charge is 0.238 e. The summed E-state index contributed by atoms with van der Waals surface area (Å²) in [5, 5.41) is 9.93. The number of nitrogens with zero attached hydrogens (tertiary/aromatic N) is 4. The van der Waals surface area contributed by atoms with E-state index in [9.17, 15) is 8.42 Å². The number of hydrogen-bond donors (Lipinski definition) is 1. The summed E-state index contributed by atoms with van der Waals surface area (Å²) in [6.45, 7) is 3.80. The van der Waals surface area contributed by atoms with Crippen molar-refractivity contribution in [1.82, 2.24) is 19.7 Å². The van der Waals surface area contributed by atoms with Gasteiger partial charge in [-0.15, -0.1) is 5.10 Å². The highest BCUT2D eigenvalue weighted by atomic mass is 79.9. The summed E-state index contributed by atoms with van der Waals surface area (Å²) in [4.78, 5) is 7.06. The van der Waals surface area contributed by atoms with Gasteiger partial charge in [-0.25, -0.2) is 23.2 Å². The molecule has 3 aromatic rings. The van der Waals surface area contributed by atoms with Gasteiger partial charge in [0.1, 0.15) is 5.82 Å². The molecular weight excluding hydrogens is 466 g/mol. The first-order valence-corrected chi connectivity index (χ1v) is 12.1. The molecule has 7 nitrogen and oxygen atoms in total. The first-order chi connectivity index (χ1) is 14.3. The number of rotatable bonds is 9. The quantitative estimate of drug-likeness (QED) is 0.494. The van der Waals surface area contributed by atoms with Gasteiger partial charge >= 0.3 is 0 Å². The maximum atomic E-state index is 11.6. The number of benzene rings is 2. The summed E-state index contributed by atoms with van der Waals surface area (Å²) >= 11 is 3.51. The lowest BCUT2D eigenvalue weighted by atomic mass is 10.1. The van der Waals surface area contributed by atoms with Gasteiger partial charge in [0.05, 0.1) is 17.1 Å². The van der Waals surface area contributed by atoms with Crippen LogP contribution in [0, 0.1) is 0 Å². The lowest BCUT2D eigenvalue weighted by molar-refractivity contribution is 0.312. The molecule has 0 amide bonds. The van der Waals surface area contributed by atoms with E-state index in [2.05, 4.69) is 40.9 Å². The Morgan fingerprint density at radius 1 is 1.17 bits per heavy atom. The number of unbranched alkanes of at least 4 members (excludes halogenated alkanes) is 1. The maximum absolute atomic E-state index is 11.6. The molecule has 0 aliphatic heterocycles. The van der Waals surface area contributed by atoms with Crippen LogP contribution < -0.4 is 5.14 Å². The molecule has 2 N–H and O–H groups in total. The van der Waals surface area contributed by atoms with E-state index < -0.39 is 10.0 Å². The molecule has 9 heteroatoms. The van der Waals surface area contributed by atoms with Gasteiger partial charge < -0.3 is 0 Å². The molecule has 0 bridgehead atoms. The van der Waals surface area contributed by atoms with Crippen LogP contribution in [0.5, 0.6) is 0 Å². The molecule has 2 aromatic carbocycles. The number of aromatic nitrogens is 3. The molecule has 0 radical (unpaired) electrons. The predicted octanol–water partition coefficient (Wildman–Crippen LogP) is 3.50. The Labute approximate surface area is 186 Å². The van der Waals surface area contributed by atoms with E-state index in [-0.39, 0.29) is 4.90 Å². The van der Waals surface area contributed by atoms with Gasteiger partial charge in [-0.2, -0.15) is 0 Å². The number of nitrogens with two attached hydrogens (primary N) is 1. The molecule has 1 heterocycles. The van der Waals surface area contributed by atoms with E-state index in [1.165, 1.54) is 12.1 Å². The number of halogens is 1. The minimum Gasteiger partial charge on any atom is -0.299 e. The van der Waals surface area contributed by atoms with Crippen molar-refractivity contribution in [3.8, 4) is 5.69 Å². The zero-order valence-electron chi connectivity index (χ0n) is 17.1. The third kappa shape index (κ3) is 5.98. The van der Waals surface area contributed by atoms with Crippen molar-refractivity contribution < 1.29 is 8.42 Å². The van der Waals surface area contributed by atoms with Crippen molar-refractivity contribution in [1.29, 1.82) is 0 Å². The Morgan fingerprint density at radius 2 is 1.90 bits per heavy atom. The molecule has 3 rings (SSSR count). The standard InChI is InChI=1S/C21H26BrN5O2S/c1-3-4-12-26(2)15-20-24-21(14-16-6-5-7-17(22)13-16)27(25-20)18-8-10-19(11-9-18)30(23,28)29/h5-11,13H,3-4,12,14-15H2,1-2H3,(H2,23,28,29). The second-order valence-corrected chi connectivity index (χ2v) is 9.77. The van der Waals surface area contributed by atoms with Crippen LogP contribution in [0.3, 0.4) is 0 Å². The van der Waals surface area contributed by atoms with Crippen LogP contribution in [0.2, 0.25) is 0 Å². The topological polar surface area (TPSA) is 94.1 Å². The summed E-state index contributed by atoms with van der Waals surface area (Å²) in [6.07, 6.45) is 2.86. The minimum atomic E-state index is -3.74. The lowest BCUT2D eigenvalue weighted by Crippen LogP contribution is -2.19. The molecule has 160 valence electrons. The second kappa shape index (κ2) is 9.82. The van der Waals surface area contributed by atoms with Crippen LogP contribution in [0.1, 0.15) is 37.0 Å². The highest BCUT2D eigenvalue weighted by molar-refractivity contribution is 9.10. The average molecular weight is 492 g/mol. The van der Waals surface area contributed by atoms with Crippen LogP contribution in [0.15, 0.2) is 57.9 Å². The molecule has 0 aliphatic rings. The second-order valence-electron chi connectivity index (χ2n) is 7.29. The Hall–Kier alpha value is -2.07. The fourth-order valence-electron chi connectivity index (χ4n) is 3.14. The Morgan fingerprint density at radius 3 is 2.53 bits per heavy atom. The zero-order valence-corrected chi connectivity index (χ0v) is 19.5. The summed E-state index contributed by atoms with van der Waals surface area (Å²) < 4.78 is 25.9. The highest BCUT2D eigenvalue weighted by Crippen LogP contribution is 2.19. The van der Waals surface area contributed by atoms with Crippen LogP contribution in [0.25, 0.3) is 5.69 Å². The van der Waals surface area contributed by atoms with Crippen LogP contribution in [-0.2, 0) is 23.0 Å². The van der Waals surface area contributed by atoms with E-state index >= 15 is 0 Å². The fourth-order valence-corrected chi connectivity index (χ4v) is 4.10. The average Bonchev–Trinajstić information content (AvgIpc) is 3.07. The summed E-state index contributed by atoms with van der Waals surface area (Å²) in [5.74, 6) is 1.52. The molecular formula is C21H26BrN5O2S. The summed E-state index contributed by atoms with van der Waals surface area (Å²) in [7, 11) is -1.68. The molecule has 1 aromatic heterocycles. The lowest BCUT2D eigenvalue weighted by Gasteiger charge is -2.13. The van der Waals surface area contributed by atoms with Gasteiger partial charge in [0.25, 0.3) is 0 Å². The van der Waals surface area contributed by atoms with Crippen molar-refractivity contribution in [2.75, 3.05) is 13.6 Å². The number of primary sulfonamides is 1. The van der Waals surface area contributed by atoms with Crippen LogP contribution in [-0.4, -0.2) is 41.7 Å². The SMILES string of the molecule is CCCCN(C)Cc1nc(Cc2cccc(Br)c2)n(-c2ccc(S(N)(=O)=O)cc2)n1. The van der Waals surface area contributed by atoms with E-state index in [0.29, 0.717) is 13.0 Å². The van der Waals surface area contributed by atoms with Crippen LogP contribution in [0.4, 0.5) is 0 Å². The Balaban J connectivity index is 1.94. The highest BCUT2D eigenvalue weighted by Gasteiger charge is 2.15. The van der Waals surface area contributed by atoms with Crippen molar-refractivity contribution in [2.24, 2.45) is 5.14 Å². The van der Waals surface area contributed by atoms with Crippen molar-refractivity contribution in [3.05, 3.63) is 70.2 Å². The molecule has 0 atom stereocenters. The Kier molecular flexibility index (Phi) is 7.41. The molecule has 0 spiro atoms. The van der Waals surface area contributed by atoms with Gasteiger partial charge in [-0.05, 0) is 62.0 Å². The number of hydrogen-bond acceptors (Lipinski definition) is 5. The maximum Gasteiger partial charge on any atom is 0.238 e. The molecule has 30 heavy (non-hydrogen) atoms. The van der Waals surface area contributed by atoms with Crippen molar-refractivity contribution >= 4 is 26.0 Å². The van der Waals surface area contributed by atoms with Crippen molar-refractivity contribution in [3.63, 3.8) is 0 Å². The van der Waals surface area contributed by atoms with Gasteiger partial charge in [0, 0.05) is 10.9 Å². The van der Waals surface area contributed by atoms with Crippen LogP contribution >= 0.6 is 15.9 Å². The van der Waals surface area contributed by atoms with E-state index in [4.69, 9.17) is 15.2 Å². The van der Waals surface area contributed by atoms with E-state index in [1.54, 1.807) is 16.8 Å². The molecule has 0 saturated carbocycles. The summed E-state index contributed by atoms with van der Waals surface area (Å²) in [6, 6.07) is 14.4. The molecule has 0 unspecified atom stereocenters. The molecule has 0 fully saturated rings. The zero-order chi connectivity index (χ0) is 21.7. The fraction of sp³-hybridized carbons (Fsp3) is 0.333. The first kappa shape index (κ1) is 22.6. The number of sulfonamides is 1. The predicted molar refractivity (Wildman–Crippen MR) is 121 cm³/mol. The monoisotopic (exact) mass is 491 g/mol. The summed E-state index contributed by atoms with van der Waals surface area (Å²) in [5.41, 5.74) is 1.84. The molecule has 0 saturated heterocycles. The molecule has 0 aliphatic carbocycles. The van der Waals surface area contributed by atoms with E-state index in [1.807, 2.05) is 18.2 Å². The van der Waals surface area contributed by atoms with Gasteiger partial charge in [-0.1, -0.05) is 41.4 Å². The first-order valence-electron chi connectivity index (χ1n) is 9.77. The Bertz CT molecular complexity index is 1100. The normalized spacial score (nSPS) is 11.9. The minimum absolute atomic E-state index is 0.0689. The van der Waals surface area contributed by atoms with Gasteiger partial charge in [0.15, 0.2) is 5.82 Å². The van der Waals surface area contributed by atoms with Gasteiger partial charge in [0.2, 0.25) is 10.0 Å². The van der Waals surface area contributed by atoms with Crippen molar-refractivity contribution in [2.45, 2.75) is 37.6 Å².